The zero-order valence-corrected chi connectivity index (χ0v) is 11.9. The molecule has 19 heavy (non-hydrogen) atoms. The molecule has 0 saturated heterocycles. The Labute approximate surface area is 115 Å². The second-order valence-electron chi connectivity index (χ2n) is 5.20. The molecule has 0 bridgehead atoms. The van der Waals surface area contributed by atoms with Gasteiger partial charge in [0.15, 0.2) is 0 Å². The maximum absolute atomic E-state index is 12.0. The summed E-state index contributed by atoms with van der Waals surface area (Å²) in [5.41, 5.74) is 2.05. The lowest BCUT2D eigenvalue weighted by atomic mass is 9.94. The molecule has 1 aromatic rings. The Bertz CT molecular complexity index is 442. The van der Waals surface area contributed by atoms with Crippen molar-refractivity contribution in [3.8, 4) is 5.75 Å². The van der Waals surface area contributed by atoms with Crippen molar-refractivity contribution in [3.63, 3.8) is 0 Å². The van der Waals surface area contributed by atoms with E-state index in [9.17, 15) is 4.79 Å². The van der Waals surface area contributed by atoms with Gasteiger partial charge in [-0.3, -0.25) is 4.79 Å². The van der Waals surface area contributed by atoms with Crippen molar-refractivity contribution in [2.24, 2.45) is 0 Å². The molecule has 3 nitrogen and oxygen atoms in total. The van der Waals surface area contributed by atoms with Gasteiger partial charge in [-0.2, -0.15) is 0 Å². The molecule has 1 unspecified atom stereocenters. The van der Waals surface area contributed by atoms with Gasteiger partial charge in [-0.25, -0.2) is 0 Å². The quantitative estimate of drug-likeness (QED) is 0.751. The van der Waals surface area contributed by atoms with Crippen molar-refractivity contribution in [2.45, 2.75) is 51.4 Å². The van der Waals surface area contributed by atoms with Crippen LogP contribution in [0.15, 0.2) is 18.2 Å². The van der Waals surface area contributed by atoms with Crippen LogP contribution in [0.3, 0.4) is 0 Å². The number of amides is 1. The lowest BCUT2D eigenvalue weighted by Gasteiger charge is -2.09. The first-order chi connectivity index (χ1) is 9.26. The Balaban J connectivity index is 1.96. The van der Waals surface area contributed by atoms with E-state index < -0.39 is 0 Å². The summed E-state index contributed by atoms with van der Waals surface area (Å²) in [5.74, 6) is 0.969. The summed E-state index contributed by atoms with van der Waals surface area (Å²) in [5, 5.41) is 2.96. The molecule has 1 N–H and O–H groups in total. The van der Waals surface area contributed by atoms with Crippen LogP contribution < -0.4 is 10.1 Å². The Kier molecular flexibility index (Phi) is 4.83. The van der Waals surface area contributed by atoms with Crippen molar-refractivity contribution >= 4 is 11.6 Å². The first-order valence-electron chi connectivity index (χ1n) is 7.25. The highest BCUT2D eigenvalue weighted by atomic mass is 16.5. The number of ether oxygens (including phenoxy) is 1. The molecule has 3 heteroatoms. The summed E-state index contributed by atoms with van der Waals surface area (Å²) >= 11 is 0. The molecule has 0 aliphatic carbocycles. The average molecular weight is 261 g/mol. The SMILES string of the molecule is CCCCCCCC1C(=O)Nc2ccc(OC)cc21. The van der Waals surface area contributed by atoms with E-state index in [1.54, 1.807) is 7.11 Å². The highest BCUT2D eigenvalue weighted by Gasteiger charge is 2.30. The van der Waals surface area contributed by atoms with Gasteiger partial charge in [-0.15, -0.1) is 0 Å². The highest BCUT2D eigenvalue weighted by Crippen LogP contribution is 2.37. The number of carbonyl (C=O) groups excluding carboxylic acids is 1. The van der Waals surface area contributed by atoms with Gasteiger partial charge in [0, 0.05) is 5.69 Å². The predicted octanol–water partition coefficient (Wildman–Crippen LogP) is 4.09. The van der Waals surface area contributed by atoms with Crippen LogP contribution in [0.4, 0.5) is 5.69 Å². The van der Waals surface area contributed by atoms with E-state index in [1.165, 1.54) is 25.7 Å². The fourth-order valence-electron chi connectivity index (χ4n) is 2.67. The minimum absolute atomic E-state index is 0.00623. The summed E-state index contributed by atoms with van der Waals surface area (Å²) in [6.45, 7) is 2.22. The molecule has 1 amide bonds. The number of fused-ring (bicyclic) bond motifs is 1. The fraction of sp³-hybridized carbons (Fsp3) is 0.562. The molecule has 1 aliphatic rings. The Hall–Kier alpha value is -1.51. The molecule has 2 rings (SSSR count). The molecule has 1 heterocycles. The summed E-state index contributed by atoms with van der Waals surface area (Å²) in [6.07, 6.45) is 7.10. The molecule has 104 valence electrons. The van der Waals surface area contributed by atoms with Crippen LogP contribution in [0.2, 0.25) is 0 Å². The Morgan fingerprint density at radius 3 is 2.74 bits per heavy atom. The van der Waals surface area contributed by atoms with Crippen LogP contribution in [-0.4, -0.2) is 13.0 Å². The number of rotatable bonds is 7. The highest BCUT2D eigenvalue weighted by molar-refractivity contribution is 6.03. The number of carbonyl (C=O) groups is 1. The van der Waals surface area contributed by atoms with Crippen LogP contribution in [0, 0.1) is 0 Å². The van der Waals surface area contributed by atoms with Gasteiger partial charge in [0.05, 0.1) is 13.0 Å². The first-order valence-corrected chi connectivity index (χ1v) is 7.25. The molecular formula is C16H23NO2. The maximum Gasteiger partial charge on any atom is 0.232 e. The second-order valence-corrected chi connectivity index (χ2v) is 5.20. The maximum atomic E-state index is 12.0. The van der Waals surface area contributed by atoms with Crippen molar-refractivity contribution in [2.75, 3.05) is 12.4 Å². The van der Waals surface area contributed by atoms with E-state index >= 15 is 0 Å². The fourth-order valence-corrected chi connectivity index (χ4v) is 2.67. The number of unbranched alkanes of at least 4 members (excludes halogenated alkanes) is 4. The van der Waals surface area contributed by atoms with E-state index in [0.29, 0.717) is 0 Å². The van der Waals surface area contributed by atoms with Gasteiger partial charge in [0.25, 0.3) is 0 Å². The van der Waals surface area contributed by atoms with Crippen molar-refractivity contribution in [1.29, 1.82) is 0 Å². The third-order valence-electron chi connectivity index (χ3n) is 3.80. The number of methoxy groups -OCH3 is 1. The number of anilines is 1. The number of benzene rings is 1. The van der Waals surface area contributed by atoms with E-state index in [4.69, 9.17) is 4.74 Å². The lowest BCUT2D eigenvalue weighted by Crippen LogP contribution is -2.11. The minimum Gasteiger partial charge on any atom is -0.497 e. The van der Waals surface area contributed by atoms with Crippen LogP contribution in [0.25, 0.3) is 0 Å². The molecule has 0 saturated carbocycles. The Morgan fingerprint density at radius 1 is 1.21 bits per heavy atom. The van der Waals surface area contributed by atoms with Gasteiger partial charge in [-0.1, -0.05) is 39.0 Å². The molecule has 1 aromatic carbocycles. The van der Waals surface area contributed by atoms with Crippen molar-refractivity contribution < 1.29 is 9.53 Å². The first kappa shape index (κ1) is 13.9. The molecule has 1 atom stereocenters. The standard InChI is InChI=1S/C16H23NO2/c1-3-4-5-6-7-8-13-14-11-12(19-2)9-10-15(14)17-16(13)18/h9-11,13H,3-8H2,1-2H3,(H,17,18). The smallest absolute Gasteiger partial charge is 0.232 e. The van der Waals surface area contributed by atoms with Crippen LogP contribution in [0.5, 0.6) is 5.75 Å². The van der Waals surface area contributed by atoms with Crippen LogP contribution in [-0.2, 0) is 4.79 Å². The summed E-state index contributed by atoms with van der Waals surface area (Å²) in [7, 11) is 1.66. The number of hydrogen-bond donors (Lipinski definition) is 1. The summed E-state index contributed by atoms with van der Waals surface area (Å²) in [4.78, 5) is 12.0. The van der Waals surface area contributed by atoms with Crippen LogP contribution in [0.1, 0.15) is 56.9 Å². The Morgan fingerprint density at radius 2 is 2.00 bits per heavy atom. The molecule has 1 aliphatic heterocycles. The van der Waals surface area contributed by atoms with E-state index in [-0.39, 0.29) is 11.8 Å². The molecule has 0 fully saturated rings. The predicted molar refractivity (Wildman–Crippen MR) is 77.7 cm³/mol. The van der Waals surface area contributed by atoms with Gasteiger partial charge >= 0.3 is 0 Å². The van der Waals surface area contributed by atoms with Crippen molar-refractivity contribution in [3.05, 3.63) is 23.8 Å². The summed E-state index contributed by atoms with van der Waals surface area (Å²) < 4.78 is 5.24. The average Bonchev–Trinajstić information content (AvgIpc) is 2.74. The van der Waals surface area contributed by atoms with Gasteiger partial charge in [-0.05, 0) is 30.2 Å². The zero-order chi connectivity index (χ0) is 13.7. The summed E-state index contributed by atoms with van der Waals surface area (Å²) in [6, 6.07) is 5.82. The third-order valence-corrected chi connectivity index (χ3v) is 3.80. The minimum atomic E-state index is 0.00623. The topological polar surface area (TPSA) is 38.3 Å². The largest absolute Gasteiger partial charge is 0.497 e. The molecule has 0 aromatic heterocycles. The van der Waals surface area contributed by atoms with E-state index in [1.807, 2.05) is 18.2 Å². The van der Waals surface area contributed by atoms with Gasteiger partial charge < -0.3 is 10.1 Å². The zero-order valence-electron chi connectivity index (χ0n) is 11.9. The normalized spacial score (nSPS) is 17.2. The number of nitrogens with one attached hydrogen (secondary N) is 1. The second kappa shape index (κ2) is 6.60. The monoisotopic (exact) mass is 261 g/mol. The lowest BCUT2D eigenvalue weighted by molar-refractivity contribution is -0.117. The van der Waals surface area contributed by atoms with E-state index in [2.05, 4.69) is 12.2 Å². The molecular weight excluding hydrogens is 238 g/mol. The van der Waals surface area contributed by atoms with Gasteiger partial charge in [0.2, 0.25) is 5.91 Å². The van der Waals surface area contributed by atoms with Crippen LogP contribution >= 0.6 is 0 Å². The molecule has 0 radical (unpaired) electrons. The molecule has 0 spiro atoms. The van der Waals surface area contributed by atoms with E-state index in [0.717, 1.165) is 29.8 Å². The van der Waals surface area contributed by atoms with Gasteiger partial charge in [0.1, 0.15) is 5.75 Å². The third kappa shape index (κ3) is 3.28. The van der Waals surface area contributed by atoms with Crippen molar-refractivity contribution in [1.82, 2.24) is 0 Å². The number of hydrogen-bond acceptors (Lipinski definition) is 2.